The van der Waals surface area contributed by atoms with E-state index in [1.54, 1.807) is 0 Å². The number of anilines is 4. The summed E-state index contributed by atoms with van der Waals surface area (Å²) in [6.45, 7) is 0. The normalized spacial score (nSPS) is 16.2. The molecule has 1 aliphatic rings. The summed E-state index contributed by atoms with van der Waals surface area (Å²) in [5.74, 6) is 0. The molecule has 36 heavy (non-hydrogen) atoms. The minimum Gasteiger partial charge on any atom is -0.372 e. The van der Waals surface area contributed by atoms with Crippen LogP contribution in [-0.2, 0) is 12.0 Å². The van der Waals surface area contributed by atoms with Crippen molar-refractivity contribution in [3.63, 3.8) is 0 Å². The number of nitrogens with one attached hydrogen (secondary N) is 1. The number of nitrogens with zero attached hydrogens (tertiary/aromatic N) is 1. The molecule has 1 aliphatic carbocycles. The van der Waals surface area contributed by atoms with Crippen molar-refractivity contribution in [2.75, 3.05) is 10.2 Å². The zero-order chi connectivity index (χ0) is 24.2. The molecule has 1 atom stereocenters. The van der Waals surface area contributed by atoms with E-state index in [1.807, 2.05) is 0 Å². The highest BCUT2D eigenvalue weighted by atomic mass is 15.1. The number of hydrogen-bond acceptors (Lipinski definition) is 2. The Morgan fingerprint density at radius 3 is 1.72 bits per heavy atom. The van der Waals surface area contributed by atoms with E-state index in [-0.39, 0.29) is 5.54 Å². The van der Waals surface area contributed by atoms with Gasteiger partial charge >= 0.3 is 0 Å². The highest BCUT2D eigenvalue weighted by molar-refractivity contribution is 5.79. The van der Waals surface area contributed by atoms with Gasteiger partial charge in [0.15, 0.2) is 0 Å². The molecule has 1 N–H and O–H groups in total. The van der Waals surface area contributed by atoms with E-state index < -0.39 is 0 Å². The minimum absolute atomic E-state index is 0.310. The van der Waals surface area contributed by atoms with Crippen molar-refractivity contribution in [1.82, 2.24) is 0 Å². The molecule has 1 unspecified atom stereocenters. The molecule has 6 rings (SSSR count). The first-order valence-electron chi connectivity index (χ1n) is 12.4. The van der Waals surface area contributed by atoms with E-state index in [0.29, 0.717) is 0 Å². The van der Waals surface area contributed by atoms with Crippen LogP contribution in [0.5, 0.6) is 0 Å². The second-order valence-corrected chi connectivity index (χ2v) is 9.23. The van der Waals surface area contributed by atoms with Crippen LogP contribution in [0.25, 0.3) is 6.08 Å². The Balaban J connectivity index is 1.41. The lowest BCUT2D eigenvalue weighted by atomic mass is 9.78. The van der Waals surface area contributed by atoms with E-state index >= 15 is 0 Å². The molecule has 0 fully saturated rings. The molecule has 5 aromatic carbocycles. The fourth-order valence-corrected chi connectivity index (χ4v) is 5.10. The van der Waals surface area contributed by atoms with Gasteiger partial charge in [0, 0.05) is 29.2 Å². The molecule has 0 heterocycles. The van der Waals surface area contributed by atoms with Crippen molar-refractivity contribution in [2.24, 2.45) is 0 Å². The monoisotopic (exact) mass is 464 g/mol. The second kappa shape index (κ2) is 9.59. The summed E-state index contributed by atoms with van der Waals surface area (Å²) in [6, 6.07) is 49.2. The number of fused-ring (bicyclic) bond motifs is 1. The summed E-state index contributed by atoms with van der Waals surface area (Å²) in [5, 5.41) is 3.84. The van der Waals surface area contributed by atoms with Gasteiger partial charge in [0.25, 0.3) is 0 Å². The topological polar surface area (TPSA) is 15.3 Å². The van der Waals surface area contributed by atoms with Gasteiger partial charge in [-0.1, -0.05) is 103 Å². The lowest BCUT2D eigenvalue weighted by molar-refractivity contribution is 0.605. The van der Waals surface area contributed by atoms with E-state index in [0.717, 1.165) is 29.2 Å². The van der Waals surface area contributed by atoms with Gasteiger partial charge in [-0.25, -0.2) is 0 Å². The molecule has 0 aliphatic heterocycles. The molecule has 5 aromatic rings. The van der Waals surface area contributed by atoms with Gasteiger partial charge in [0.1, 0.15) is 0 Å². The lowest BCUT2D eigenvalue weighted by Crippen LogP contribution is -2.37. The van der Waals surface area contributed by atoms with E-state index in [1.165, 1.54) is 16.7 Å². The Bertz CT molecular complexity index is 1420. The largest absolute Gasteiger partial charge is 0.372 e. The molecular weight excluding hydrogens is 436 g/mol. The molecule has 0 amide bonds. The third-order valence-electron chi connectivity index (χ3n) is 6.86. The van der Waals surface area contributed by atoms with Gasteiger partial charge in [0.2, 0.25) is 0 Å². The maximum Gasteiger partial charge on any atom is 0.0853 e. The predicted molar refractivity (Wildman–Crippen MR) is 152 cm³/mol. The third kappa shape index (κ3) is 4.30. The van der Waals surface area contributed by atoms with Gasteiger partial charge in [-0.2, -0.15) is 0 Å². The Hall–Kier alpha value is -4.56. The lowest BCUT2D eigenvalue weighted by Gasteiger charge is -2.37. The van der Waals surface area contributed by atoms with E-state index in [4.69, 9.17) is 0 Å². The smallest absolute Gasteiger partial charge is 0.0853 e. The molecule has 0 bridgehead atoms. The van der Waals surface area contributed by atoms with Crippen LogP contribution >= 0.6 is 0 Å². The molecule has 0 radical (unpaired) electrons. The van der Waals surface area contributed by atoms with Gasteiger partial charge in [0.05, 0.1) is 5.54 Å². The van der Waals surface area contributed by atoms with Crippen LogP contribution < -0.4 is 10.2 Å². The Labute approximate surface area is 213 Å². The van der Waals surface area contributed by atoms with Crippen LogP contribution in [0.2, 0.25) is 0 Å². The average Bonchev–Trinajstić information content (AvgIpc) is 2.95. The van der Waals surface area contributed by atoms with Gasteiger partial charge in [-0.05, 0) is 65.2 Å². The molecule has 0 aromatic heterocycles. The standard InChI is InChI=1S/C34H28N2/c1-5-13-29(14-6-1)34(35-30-15-7-2-8-16-30)24-23-27-25-33(22-21-28(27)26-34)36(31-17-9-3-10-18-31)32-19-11-4-12-20-32/h1-25,35H,26H2. The first-order chi connectivity index (χ1) is 17.8. The predicted octanol–water partition coefficient (Wildman–Crippen LogP) is 8.73. The summed E-state index contributed by atoms with van der Waals surface area (Å²) >= 11 is 0. The molecule has 174 valence electrons. The molecule has 0 saturated carbocycles. The van der Waals surface area contributed by atoms with Crippen molar-refractivity contribution in [3.8, 4) is 0 Å². The maximum atomic E-state index is 3.84. The highest BCUT2D eigenvalue weighted by Crippen LogP contribution is 2.40. The number of rotatable bonds is 6. The van der Waals surface area contributed by atoms with Gasteiger partial charge in [-0.15, -0.1) is 0 Å². The quantitative estimate of drug-likeness (QED) is 0.270. The number of benzene rings is 5. The average molecular weight is 465 g/mol. The van der Waals surface area contributed by atoms with Crippen LogP contribution in [0.3, 0.4) is 0 Å². The van der Waals surface area contributed by atoms with Crippen molar-refractivity contribution in [1.29, 1.82) is 0 Å². The highest BCUT2D eigenvalue weighted by Gasteiger charge is 2.33. The van der Waals surface area contributed by atoms with E-state index in [2.05, 4.69) is 162 Å². The van der Waals surface area contributed by atoms with Crippen molar-refractivity contribution in [2.45, 2.75) is 12.0 Å². The summed E-state index contributed by atoms with van der Waals surface area (Å²) < 4.78 is 0. The van der Waals surface area contributed by atoms with Crippen molar-refractivity contribution < 1.29 is 0 Å². The Kier molecular flexibility index (Phi) is 5.85. The maximum absolute atomic E-state index is 3.84. The summed E-state index contributed by atoms with van der Waals surface area (Å²) in [7, 11) is 0. The third-order valence-corrected chi connectivity index (χ3v) is 6.86. The molecular formula is C34H28N2. The van der Waals surface area contributed by atoms with Crippen molar-refractivity contribution >= 4 is 28.8 Å². The first-order valence-corrected chi connectivity index (χ1v) is 12.4. The minimum atomic E-state index is -0.310. The fraction of sp³-hybridized carbons (Fsp3) is 0.0588. The SMILES string of the molecule is C1=CC(Nc2ccccc2)(c2ccccc2)Cc2ccc(N(c3ccccc3)c3ccccc3)cc21. The molecule has 0 saturated heterocycles. The molecule has 2 nitrogen and oxygen atoms in total. The zero-order valence-electron chi connectivity index (χ0n) is 20.1. The number of para-hydroxylation sites is 3. The van der Waals surface area contributed by atoms with Crippen molar-refractivity contribution in [3.05, 3.63) is 162 Å². The van der Waals surface area contributed by atoms with Crippen LogP contribution in [0.1, 0.15) is 16.7 Å². The van der Waals surface area contributed by atoms with Crippen LogP contribution in [0, 0.1) is 0 Å². The Morgan fingerprint density at radius 1 is 0.556 bits per heavy atom. The first kappa shape index (κ1) is 21.9. The fourth-order valence-electron chi connectivity index (χ4n) is 5.10. The summed E-state index contributed by atoms with van der Waals surface area (Å²) in [5.41, 5.74) is 8.09. The Morgan fingerprint density at radius 2 is 1.11 bits per heavy atom. The molecule has 2 heteroatoms. The number of hydrogen-bond donors (Lipinski definition) is 1. The zero-order valence-corrected chi connectivity index (χ0v) is 20.1. The second-order valence-electron chi connectivity index (χ2n) is 9.23. The van der Waals surface area contributed by atoms with Crippen LogP contribution in [0.15, 0.2) is 146 Å². The van der Waals surface area contributed by atoms with Crippen LogP contribution in [0.4, 0.5) is 22.7 Å². The molecule has 0 spiro atoms. The van der Waals surface area contributed by atoms with Crippen LogP contribution in [-0.4, -0.2) is 0 Å². The van der Waals surface area contributed by atoms with E-state index in [9.17, 15) is 0 Å². The summed E-state index contributed by atoms with van der Waals surface area (Å²) in [4.78, 5) is 2.31. The van der Waals surface area contributed by atoms with Gasteiger partial charge in [-0.3, -0.25) is 0 Å². The summed E-state index contributed by atoms with van der Waals surface area (Å²) in [6.07, 6.45) is 5.48. The van der Waals surface area contributed by atoms with Gasteiger partial charge < -0.3 is 10.2 Å².